The number of carbonyl (C=O) groups is 1. The Labute approximate surface area is 169 Å². The van der Waals surface area contributed by atoms with E-state index < -0.39 is 0 Å². The van der Waals surface area contributed by atoms with Crippen LogP contribution in [0.5, 0.6) is 0 Å². The van der Waals surface area contributed by atoms with Gasteiger partial charge in [-0.1, -0.05) is 54.2 Å². The van der Waals surface area contributed by atoms with E-state index in [-0.39, 0.29) is 17.3 Å². The summed E-state index contributed by atoms with van der Waals surface area (Å²) in [6, 6.07) is 5.66. The van der Waals surface area contributed by atoms with E-state index in [9.17, 15) is 4.79 Å². The third-order valence-corrected chi connectivity index (χ3v) is 6.66. The lowest BCUT2D eigenvalue weighted by Crippen LogP contribution is -2.50. The minimum atomic E-state index is -0.116. The van der Waals surface area contributed by atoms with Crippen molar-refractivity contribution in [1.82, 2.24) is 4.90 Å². The lowest BCUT2D eigenvalue weighted by atomic mass is 9.96. The topological polar surface area (TPSA) is 35.9 Å². The first-order valence-electron chi connectivity index (χ1n) is 9.10. The van der Waals surface area contributed by atoms with Gasteiger partial charge in [-0.2, -0.15) is 0 Å². The smallest absolute Gasteiger partial charge is 0.225 e. The number of amides is 1. The molecule has 1 saturated heterocycles. The Kier molecular flexibility index (Phi) is 6.41. The van der Waals surface area contributed by atoms with Gasteiger partial charge in [-0.15, -0.1) is 0 Å². The molecule has 0 bridgehead atoms. The van der Waals surface area contributed by atoms with Gasteiger partial charge in [-0.3, -0.25) is 14.7 Å². The van der Waals surface area contributed by atoms with Crippen molar-refractivity contribution < 1.29 is 4.79 Å². The standard InChI is InChI=1S/C19H25Cl2N3OS/c1-12-18(23(3)19(26-12)22-16-7-5-4-6-8-16)24(13(2)25)17-10-14(20)9-15(21)11-17/h9-12,16,18H,4-8H2,1-3H3. The monoisotopic (exact) mass is 413 g/mol. The van der Waals surface area contributed by atoms with Crippen molar-refractivity contribution in [3.05, 3.63) is 28.2 Å². The van der Waals surface area contributed by atoms with Gasteiger partial charge >= 0.3 is 0 Å². The highest BCUT2D eigenvalue weighted by molar-refractivity contribution is 8.14. The van der Waals surface area contributed by atoms with Crippen LogP contribution in [0, 0.1) is 0 Å². The first-order chi connectivity index (χ1) is 12.4. The number of nitrogens with zero attached hydrogens (tertiary/aromatic N) is 3. The summed E-state index contributed by atoms with van der Waals surface area (Å²) in [5.74, 6) is -0.0356. The van der Waals surface area contributed by atoms with Crippen molar-refractivity contribution in [3.63, 3.8) is 0 Å². The van der Waals surface area contributed by atoms with E-state index in [1.54, 1.807) is 41.8 Å². The molecule has 2 unspecified atom stereocenters. The van der Waals surface area contributed by atoms with Crippen LogP contribution in [0.2, 0.25) is 10.0 Å². The molecule has 0 spiro atoms. The summed E-state index contributed by atoms with van der Waals surface area (Å²) in [4.78, 5) is 21.4. The molecule has 26 heavy (non-hydrogen) atoms. The Bertz CT molecular complexity index is 686. The zero-order chi connectivity index (χ0) is 18.8. The number of anilines is 1. The first-order valence-corrected chi connectivity index (χ1v) is 10.7. The molecule has 4 nitrogen and oxygen atoms in total. The van der Waals surface area contributed by atoms with E-state index in [4.69, 9.17) is 28.2 Å². The van der Waals surface area contributed by atoms with Crippen LogP contribution in [0.15, 0.2) is 23.2 Å². The molecule has 7 heteroatoms. The second kappa shape index (κ2) is 8.41. The quantitative estimate of drug-likeness (QED) is 0.662. The van der Waals surface area contributed by atoms with Crippen molar-refractivity contribution in [2.45, 2.75) is 63.4 Å². The molecule has 2 fully saturated rings. The van der Waals surface area contributed by atoms with Crippen molar-refractivity contribution in [1.29, 1.82) is 0 Å². The fourth-order valence-electron chi connectivity index (χ4n) is 3.81. The van der Waals surface area contributed by atoms with Crippen molar-refractivity contribution >= 4 is 51.7 Å². The summed E-state index contributed by atoms with van der Waals surface area (Å²) in [5, 5.41) is 2.27. The lowest BCUT2D eigenvalue weighted by Gasteiger charge is -2.35. The Morgan fingerprint density at radius 3 is 2.38 bits per heavy atom. The number of hydrogen-bond donors (Lipinski definition) is 0. The Balaban J connectivity index is 1.89. The van der Waals surface area contributed by atoms with E-state index >= 15 is 0 Å². The van der Waals surface area contributed by atoms with Gasteiger partial charge in [0.15, 0.2) is 5.17 Å². The van der Waals surface area contributed by atoms with E-state index in [1.807, 2.05) is 7.05 Å². The molecule has 1 aliphatic carbocycles. The molecule has 1 amide bonds. The van der Waals surface area contributed by atoms with Gasteiger partial charge in [0.05, 0.1) is 6.04 Å². The van der Waals surface area contributed by atoms with Crippen molar-refractivity contribution in [2.75, 3.05) is 11.9 Å². The van der Waals surface area contributed by atoms with E-state index in [2.05, 4.69) is 11.8 Å². The van der Waals surface area contributed by atoms with Crippen LogP contribution in [0.25, 0.3) is 0 Å². The molecule has 2 atom stereocenters. The third kappa shape index (κ3) is 4.32. The molecule has 142 valence electrons. The van der Waals surface area contributed by atoms with Crippen LogP contribution >= 0.6 is 35.0 Å². The van der Waals surface area contributed by atoms with Crippen LogP contribution in [-0.4, -0.2) is 40.5 Å². The number of carbonyl (C=O) groups excluding carboxylic acids is 1. The summed E-state index contributed by atoms with van der Waals surface area (Å²) < 4.78 is 0. The zero-order valence-electron chi connectivity index (χ0n) is 15.4. The molecule has 1 saturated carbocycles. The Morgan fingerprint density at radius 2 is 1.81 bits per heavy atom. The lowest BCUT2D eigenvalue weighted by molar-refractivity contribution is -0.117. The van der Waals surface area contributed by atoms with Crippen molar-refractivity contribution in [3.8, 4) is 0 Å². The molecular formula is C19H25Cl2N3OS. The highest BCUT2D eigenvalue weighted by Crippen LogP contribution is 2.37. The fraction of sp³-hybridized carbons (Fsp3) is 0.579. The van der Waals surface area contributed by atoms with E-state index in [0.29, 0.717) is 16.1 Å². The molecule has 1 aliphatic heterocycles. The highest BCUT2D eigenvalue weighted by atomic mass is 35.5. The normalized spacial score (nSPS) is 25.7. The molecule has 1 aromatic rings. The third-order valence-electron chi connectivity index (χ3n) is 5.01. The average Bonchev–Trinajstić information content (AvgIpc) is 2.83. The number of amidine groups is 1. The van der Waals surface area contributed by atoms with Crippen LogP contribution in [0.1, 0.15) is 46.0 Å². The molecular weight excluding hydrogens is 389 g/mol. The van der Waals surface area contributed by atoms with Gasteiger partial charge in [0.1, 0.15) is 6.17 Å². The highest BCUT2D eigenvalue weighted by Gasteiger charge is 2.40. The molecule has 1 heterocycles. The van der Waals surface area contributed by atoms with Crippen LogP contribution in [-0.2, 0) is 4.79 Å². The molecule has 0 radical (unpaired) electrons. The second-order valence-corrected chi connectivity index (χ2v) is 9.28. The molecule has 3 rings (SSSR count). The maximum atomic E-state index is 12.5. The average molecular weight is 414 g/mol. The second-order valence-electron chi connectivity index (χ2n) is 7.07. The summed E-state index contributed by atoms with van der Waals surface area (Å²) in [6.45, 7) is 3.72. The zero-order valence-corrected chi connectivity index (χ0v) is 17.7. The number of halogens is 2. The molecule has 0 aromatic heterocycles. The van der Waals surface area contributed by atoms with Crippen molar-refractivity contribution in [2.24, 2.45) is 4.99 Å². The maximum Gasteiger partial charge on any atom is 0.225 e. The number of hydrogen-bond acceptors (Lipinski definition) is 3. The van der Waals surface area contributed by atoms with Gasteiger partial charge in [-0.25, -0.2) is 0 Å². The number of thioether (sulfide) groups is 1. The SMILES string of the molecule is CC(=O)N(c1cc(Cl)cc(Cl)c1)C1C(C)SC(=NC2CCCCC2)N1C. The predicted octanol–water partition coefficient (Wildman–Crippen LogP) is 5.43. The van der Waals surface area contributed by atoms with Gasteiger partial charge in [-0.05, 0) is 38.0 Å². The Hall–Kier alpha value is -0.910. The van der Waals surface area contributed by atoms with Crippen LogP contribution in [0.3, 0.4) is 0 Å². The Morgan fingerprint density at radius 1 is 1.19 bits per heavy atom. The largest absolute Gasteiger partial charge is 0.333 e. The van der Waals surface area contributed by atoms with Gasteiger partial charge < -0.3 is 4.90 Å². The van der Waals surface area contributed by atoms with E-state index in [1.165, 1.54) is 19.3 Å². The number of benzene rings is 1. The summed E-state index contributed by atoms with van der Waals surface area (Å²) in [7, 11) is 2.02. The van der Waals surface area contributed by atoms with Crippen LogP contribution in [0.4, 0.5) is 5.69 Å². The number of aliphatic imine (C=N–C) groups is 1. The van der Waals surface area contributed by atoms with Gasteiger partial charge in [0, 0.05) is 35.0 Å². The molecule has 1 aromatic carbocycles. The van der Waals surface area contributed by atoms with E-state index in [0.717, 1.165) is 23.7 Å². The number of rotatable bonds is 3. The molecule has 0 N–H and O–H groups in total. The summed E-state index contributed by atoms with van der Waals surface area (Å²) in [6.07, 6.45) is 6.05. The minimum absolute atomic E-state index is 0.0356. The van der Waals surface area contributed by atoms with Gasteiger partial charge in [0.25, 0.3) is 0 Å². The maximum absolute atomic E-state index is 12.5. The first kappa shape index (κ1) is 19.8. The summed E-state index contributed by atoms with van der Waals surface area (Å²) in [5.41, 5.74) is 0.721. The molecule has 2 aliphatic rings. The van der Waals surface area contributed by atoms with Crippen LogP contribution < -0.4 is 4.90 Å². The fourth-order valence-corrected chi connectivity index (χ4v) is 5.57. The predicted molar refractivity (Wildman–Crippen MR) is 113 cm³/mol. The van der Waals surface area contributed by atoms with Gasteiger partial charge in [0.2, 0.25) is 5.91 Å². The summed E-state index contributed by atoms with van der Waals surface area (Å²) >= 11 is 14.1. The minimum Gasteiger partial charge on any atom is -0.333 e.